The first-order valence-electron chi connectivity index (χ1n) is 11.9. The Balaban J connectivity index is 1.48. The molecule has 2 aromatic rings. The van der Waals surface area contributed by atoms with Gasteiger partial charge in [0.25, 0.3) is 0 Å². The van der Waals surface area contributed by atoms with Crippen LogP contribution in [0.5, 0.6) is 0 Å². The Morgan fingerprint density at radius 1 is 1.03 bits per heavy atom. The lowest BCUT2D eigenvalue weighted by Crippen LogP contribution is -2.38. The summed E-state index contributed by atoms with van der Waals surface area (Å²) < 4.78 is 11.3. The predicted octanol–water partition coefficient (Wildman–Crippen LogP) is 5.26. The van der Waals surface area contributed by atoms with Crippen LogP contribution in [0.1, 0.15) is 50.5 Å². The van der Waals surface area contributed by atoms with Crippen LogP contribution in [0.25, 0.3) is 11.1 Å². The molecule has 3 aliphatic rings. The molecule has 2 aliphatic heterocycles. The number of rotatable bonds is 5. The second-order valence-corrected chi connectivity index (χ2v) is 9.10. The number of Topliss-reactive ketones (excluding diaryl/α,β-unsaturated/α-hetero) is 1. The van der Waals surface area contributed by atoms with Crippen LogP contribution in [-0.4, -0.2) is 36.8 Å². The molecule has 1 aliphatic carbocycles. The van der Waals surface area contributed by atoms with E-state index in [2.05, 4.69) is 24.3 Å². The van der Waals surface area contributed by atoms with Crippen molar-refractivity contribution in [1.29, 1.82) is 0 Å². The number of esters is 1. The zero-order valence-corrected chi connectivity index (χ0v) is 19.0. The number of nitrogens with zero attached hydrogens (tertiary/aromatic N) is 1. The van der Waals surface area contributed by atoms with E-state index in [1.807, 2.05) is 37.3 Å². The summed E-state index contributed by atoms with van der Waals surface area (Å²) in [7, 11) is 0. The molecule has 0 amide bonds. The third-order valence-corrected chi connectivity index (χ3v) is 6.90. The van der Waals surface area contributed by atoms with Crippen LogP contribution in [0.2, 0.25) is 0 Å². The summed E-state index contributed by atoms with van der Waals surface area (Å²) in [6.07, 6.45) is 3.95. The number of benzene rings is 2. The quantitative estimate of drug-likeness (QED) is 0.592. The van der Waals surface area contributed by atoms with Crippen LogP contribution in [0.15, 0.2) is 70.9 Å². The molecular weight excluding hydrogens is 414 g/mol. The van der Waals surface area contributed by atoms with Crippen LogP contribution in [-0.2, 0) is 19.1 Å². The number of hydrogen-bond acceptors (Lipinski definition) is 5. The monoisotopic (exact) mass is 443 g/mol. The number of carbonyl (C=O) groups is 2. The first-order chi connectivity index (χ1) is 16.1. The van der Waals surface area contributed by atoms with Gasteiger partial charge in [0.15, 0.2) is 5.78 Å². The Kier molecular flexibility index (Phi) is 6.23. The lowest BCUT2D eigenvalue weighted by atomic mass is 9.71. The van der Waals surface area contributed by atoms with Gasteiger partial charge in [0, 0.05) is 35.9 Å². The lowest BCUT2D eigenvalue weighted by Gasteiger charge is -2.34. The third-order valence-electron chi connectivity index (χ3n) is 6.90. The van der Waals surface area contributed by atoms with Gasteiger partial charge in [0.2, 0.25) is 0 Å². The number of ether oxygens (including phenoxy) is 2. The fourth-order valence-electron chi connectivity index (χ4n) is 5.23. The number of carbonyl (C=O) groups excluding carboxylic acids is 2. The zero-order valence-electron chi connectivity index (χ0n) is 19.0. The SMILES string of the molecule is CC1=NC2=C(C(=O)CCC2)[C@H](c2ccc(-c3ccccc3)cc2)C1C(=O)OC[C@H]1CCCO1. The van der Waals surface area contributed by atoms with Crippen molar-refractivity contribution >= 4 is 17.5 Å². The molecule has 170 valence electrons. The Bertz CT molecular complexity index is 1090. The fourth-order valence-corrected chi connectivity index (χ4v) is 5.23. The fraction of sp³-hybridized carbons (Fsp3) is 0.393. The lowest BCUT2D eigenvalue weighted by molar-refractivity contribution is -0.149. The maximum Gasteiger partial charge on any atom is 0.315 e. The molecule has 1 unspecified atom stereocenters. The minimum Gasteiger partial charge on any atom is -0.462 e. The number of hydrogen-bond donors (Lipinski definition) is 0. The van der Waals surface area contributed by atoms with Gasteiger partial charge in [-0.2, -0.15) is 0 Å². The second-order valence-electron chi connectivity index (χ2n) is 9.10. The summed E-state index contributed by atoms with van der Waals surface area (Å²) in [4.78, 5) is 31.1. The van der Waals surface area contributed by atoms with E-state index in [4.69, 9.17) is 14.5 Å². The van der Waals surface area contributed by atoms with E-state index < -0.39 is 5.92 Å². The van der Waals surface area contributed by atoms with Crippen molar-refractivity contribution in [2.45, 2.75) is 51.0 Å². The van der Waals surface area contributed by atoms with Gasteiger partial charge in [-0.05, 0) is 49.3 Å². The molecule has 5 rings (SSSR count). The molecule has 1 saturated heterocycles. The smallest absolute Gasteiger partial charge is 0.315 e. The highest BCUT2D eigenvalue weighted by Gasteiger charge is 2.43. The van der Waals surface area contributed by atoms with Gasteiger partial charge in [0.1, 0.15) is 12.5 Å². The van der Waals surface area contributed by atoms with E-state index in [0.717, 1.165) is 53.8 Å². The summed E-state index contributed by atoms with van der Waals surface area (Å²) in [5.74, 6) is -1.20. The molecule has 2 heterocycles. The highest BCUT2D eigenvalue weighted by atomic mass is 16.6. The van der Waals surface area contributed by atoms with Crippen molar-refractivity contribution in [2.24, 2.45) is 10.9 Å². The molecule has 5 nitrogen and oxygen atoms in total. The maximum absolute atomic E-state index is 13.3. The molecule has 5 heteroatoms. The summed E-state index contributed by atoms with van der Waals surface area (Å²) >= 11 is 0. The Morgan fingerprint density at radius 3 is 2.52 bits per heavy atom. The molecular formula is C28H29NO4. The Hall–Kier alpha value is -3.05. The topological polar surface area (TPSA) is 65.0 Å². The average Bonchev–Trinajstić information content (AvgIpc) is 3.36. The summed E-state index contributed by atoms with van der Waals surface area (Å²) in [6.45, 7) is 2.85. The van der Waals surface area contributed by atoms with Crippen molar-refractivity contribution in [1.82, 2.24) is 0 Å². The zero-order chi connectivity index (χ0) is 22.8. The van der Waals surface area contributed by atoms with E-state index >= 15 is 0 Å². The minimum atomic E-state index is -0.602. The highest BCUT2D eigenvalue weighted by molar-refractivity contribution is 6.08. The van der Waals surface area contributed by atoms with Crippen molar-refractivity contribution < 1.29 is 19.1 Å². The summed E-state index contributed by atoms with van der Waals surface area (Å²) in [6, 6.07) is 18.4. The standard InChI is InChI=1S/C28H29NO4/c1-18-25(28(31)33-17-22-9-6-16-32-22)26(27-23(29-18)10-5-11-24(27)30)21-14-12-20(13-15-21)19-7-3-2-4-8-19/h2-4,7-8,12-15,22,25-26H,5-6,9-11,16-17H2,1H3/t22-,25?,26-/m1/s1. The predicted molar refractivity (Wildman–Crippen MR) is 127 cm³/mol. The first-order valence-corrected chi connectivity index (χ1v) is 11.9. The van der Waals surface area contributed by atoms with E-state index in [0.29, 0.717) is 18.6 Å². The summed E-state index contributed by atoms with van der Waals surface area (Å²) in [5.41, 5.74) is 5.43. The van der Waals surface area contributed by atoms with Crippen LogP contribution in [0, 0.1) is 5.92 Å². The van der Waals surface area contributed by atoms with Gasteiger partial charge in [-0.3, -0.25) is 14.6 Å². The van der Waals surface area contributed by atoms with E-state index in [1.165, 1.54) is 0 Å². The highest BCUT2D eigenvalue weighted by Crippen LogP contribution is 2.44. The van der Waals surface area contributed by atoms with Crippen LogP contribution in [0.4, 0.5) is 0 Å². The molecule has 0 N–H and O–H groups in total. The maximum atomic E-state index is 13.3. The van der Waals surface area contributed by atoms with Gasteiger partial charge in [-0.15, -0.1) is 0 Å². The minimum absolute atomic E-state index is 0.0375. The van der Waals surface area contributed by atoms with Gasteiger partial charge in [-0.1, -0.05) is 54.6 Å². The Morgan fingerprint density at radius 2 is 1.79 bits per heavy atom. The molecule has 1 fully saturated rings. The molecule has 0 spiro atoms. The van der Waals surface area contributed by atoms with Gasteiger partial charge in [0.05, 0.1) is 6.10 Å². The van der Waals surface area contributed by atoms with Crippen molar-refractivity contribution in [3.05, 3.63) is 71.4 Å². The molecule has 0 saturated carbocycles. The molecule has 0 radical (unpaired) electrons. The van der Waals surface area contributed by atoms with Crippen LogP contribution < -0.4 is 0 Å². The third kappa shape index (κ3) is 4.42. The number of aliphatic imine (C=N–C) groups is 1. The van der Waals surface area contributed by atoms with Crippen LogP contribution >= 0.6 is 0 Å². The normalized spacial score (nSPS) is 24.9. The average molecular weight is 444 g/mol. The van der Waals surface area contributed by atoms with E-state index in [-0.39, 0.29) is 30.4 Å². The Labute approximate surface area is 194 Å². The first kappa shape index (κ1) is 21.8. The largest absolute Gasteiger partial charge is 0.462 e. The molecule has 33 heavy (non-hydrogen) atoms. The molecule has 2 aromatic carbocycles. The second kappa shape index (κ2) is 9.44. The molecule has 0 aromatic heterocycles. The van der Waals surface area contributed by atoms with Crippen molar-refractivity contribution in [3.63, 3.8) is 0 Å². The van der Waals surface area contributed by atoms with Gasteiger partial charge in [-0.25, -0.2) is 0 Å². The van der Waals surface area contributed by atoms with Gasteiger partial charge >= 0.3 is 5.97 Å². The molecule has 3 atom stereocenters. The van der Waals surface area contributed by atoms with Crippen molar-refractivity contribution in [2.75, 3.05) is 13.2 Å². The van der Waals surface area contributed by atoms with E-state index in [9.17, 15) is 9.59 Å². The number of allylic oxidation sites excluding steroid dienone is 2. The van der Waals surface area contributed by atoms with E-state index in [1.54, 1.807) is 0 Å². The van der Waals surface area contributed by atoms with Crippen LogP contribution in [0.3, 0.4) is 0 Å². The summed E-state index contributed by atoms with van der Waals surface area (Å²) in [5, 5.41) is 0. The number of ketones is 1. The molecule has 0 bridgehead atoms. The van der Waals surface area contributed by atoms with Crippen molar-refractivity contribution in [3.8, 4) is 11.1 Å². The van der Waals surface area contributed by atoms with Gasteiger partial charge < -0.3 is 9.47 Å².